The molecule has 3 aromatic rings. The summed E-state index contributed by atoms with van der Waals surface area (Å²) in [6, 6.07) is 8.07. The van der Waals surface area contributed by atoms with Gasteiger partial charge in [-0.2, -0.15) is 0 Å². The van der Waals surface area contributed by atoms with Crippen molar-refractivity contribution in [3.05, 3.63) is 93.6 Å². The maximum absolute atomic E-state index is 5.15. The van der Waals surface area contributed by atoms with Gasteiger partial charge in [0.15, 0.2) is 0 Å². The fourth-order valence-corrected chi connectivity index (χ4v) is 15.0. The van der Waals surface area contributed by atoms with Gasteiger partial charge in [-0.25, -0.2) is 0 Å². The Morgan fingerprint density at radius 1 is 0.702 bits per heavy atom. The van der Waals surface area contributed by atoms with E-state index in [0.717, 1.165) is 11.8 Å². The first kappa shape index (κ1) is 36.9. The molecule has 0 nitrogen and oxygen atoms in total. The van der Waals surface area contributed by atoms with Crippen molar-refractivity contribution in [2.75, 3.05) is 0 Å². The number of aryl methyl sites for hydroxylation is 1. The zero-order chi connectivity index (χ0) is 38.4. The number of fused-ring (bicyclic) bond motifs is 2. The molecule has 3 aromatic carbocycles. The van der Waals surface area contributed by atoms with E-state index in [0.29, 0.717) is 35.5 Å². The van der Waals surface area contributed by atoms with Gasteiger partial charge in [0.25, 0.3) is 0 Å². The minimum Gasteiger partial charge on any atom is -0.0983 e. The molecule has 0 bridgehead atoms. The van der Waals surface area contributed by atoms with Crippen LogP contribution in [0.15, 0.2) is 54.7 Å². The molecule has 0 heterocycles. The summed E-state index contributed by atoms with van der Waals surface area (Å²) in [7, 11) is 0. The van der Waals surface area contributed by atoms with Crippen LogP contribution in [0.3, 0.4) is 0 Å². The molecular formula is C57H70. The summed E-state index contributed by atoms with van der Waals surface area (Å²) in [5.41, 5.74) is 19.7. The molecule has 0 heteroatoms. The zero-order valence-corrected chi connectivity index (χ0v) is 35.8. The van der Waals surface area contributed by atoms with E-state index in [1.807, 2.05) is 0 Å². The number of hydrogen-bond donors (Lipinski definition) is 0. The fraction of sp³-hybridized carbons (Fsp3) is 0.579. The van der Waals surface area contributed by atoms with E-state index in [9.17, 15) is 0 Å². The van der Waals surface area contributed by atoms with Gasteiger partial charge in [0.1, 0.15) is 0 Å². The summed E-state index contributed by atoms with van der Waals surface area (Å²) in [5, 5.41) is 6.49. The largest absolute Gasteiger partial charge is 0.0983 e. The third-order valence-corrected chi connectivity index (χ3v) is 17.8. The van der Waals surface area contributed by atoms with Gasteiger partial charge in [-0.1, -0.05) is 152 Å². The van der Waals surface area contributed by atoms with E-state index >= 15 is 0 Å². The van der Waals surface area contributed by atoms with E-state index in [4.69, 9.17) is 13.2 Å². The predicted molar refractivity (Wildman–Crippen MR) is 247 cm³/mol. The lowest BCUT2D eigenvalue weighted by Gasteiger charge is -2.48. The van der Waals surface area contributed by atoms with Crippen molar-refractivity contribution >= 4 is 44.3 Å². The number of rotatable bonds is 9. The average molecular weight is 755 g/mol. The van der Waals surface area contributed by atoms with Gasteiger partial charge in [0.05, 0.1) is 0 Å². The topological polar surface area (TPSA) is 0 Å². The summed E-state index contributed by atoms with van der Waals surface area (Å²) in [5.74, 6) is 4.90. The van der Waals surface area contributed by atoms with Crippen molar-refractivity contribution in [2.45, 2.75) is 173 Å². The van der Waals surface area contributed by atoms with Crippen molar-refractivity contribution in [2.24, 2.45) is 35.5 Å². The van der Waals surface area contributed by atoms with Crippen LogP contribution in [-0.2, 0) is 6.42 Å². The van der Waals surface area contributed by atoms with Crippen LogP contribution in [0, 0.1) is 35.5 Å². The molecule has 8 aliphatic carbocycles. The summed E-state index contributed by atoms with van der Waals surface area (Å²) in [4.78, 5) is 0. The first-order chi connectivity index (χ1) is 28.1. The highest BCUT2D eigenvalue weighted by Crippen LogP contribution is 2.63. The van der Waals surface area contributed by atoms with Crippen LogP contribution >= 0.6 is 0 Å². The summed E-state index contributed by atoms with van der Waals surface area (Å²) >= 11 is 0. The van der Waals surface area contributed by atoms with E-state index in [1.54, 1.807) is 71.6 Å². The van der Waals surface area contributed by atoms with E-state index in [1.165, 1.54) is 164 Å². The first-order valence-electron chi connectivity index (χ1n) is 24.7. The van der Waals surface area contributed by atoms with Crippen LogP contribution < -0.4 is 0 Å². The van der Waals surface area contributed by atoms with Gasteiger partial charge in [-0.3, -0.25) is 0 Å². The maximum atomic E-state index is 5.15. The van der Waals surface area contributed by atoms with Crippen LogP contribution in [0.4, 0.5) is 0 Å². The summed E-state index contributed by atoms with van der Waals surface area (Å²) < 4.78 is 0. The van der Waals surface area contributed by atoms with Gasteiger partial charge < -0.3 is 0 Å². The van der Waals surface area contributed by atoms with E-state index < -0.39 is 0 Å². The standard InChI is InChI=1S/C57H70/c1-5-7-8-11-25-40-32-48-51(39-26-18-27-39)50(38-23-14-10-15-24-38)35(4)43-29-31-45-55-46(36-19-16-17-20-36)33-47-41(6-2)49(37-21-12-9-13-22-37)34(3)42-28-30-44(57(55)53(42)47)52(40)56(45)54(43)48/h28-33,36-38,41,43,47,49-50H,3-27H2,1-2H3. The van der Waals surface area contributed by atoms with Gasteiger partial charge in [0.2, 0.25) is 0 Å². The Kier molecular flexibility index (Phi) is 9.62. The molecule has 57 heavy (non-hydrogen) atoms. The summed E-state index contributed by atoms with van der Waals surface area (Å²) in [6.07, 6.45) is 39.5. The fourth-order valence-electron chi connectivity index (χ4n) is 15.0. The van der Waals surface area contributed by atoms with Crippen molar-refractivity contribution in [3.63, 3.8) is 0 Å². The molecular weight excluding hydrogens is 685 g/mol. The minimum atomic E-state index is 0.332. The molecule has 0 aromatic heterocycles. The van der Waals surface area contributed by atoms with Crippen LogP contribution in [-0.4, -0.2) is 0 Å². The van der Waals surface area contributed by atoms with Gasteiger partial charge >= 0.3 is 0 Å². The van der Waals surface area contributed by atoms with Gasteiger partial charge in [-0.15, -0.1) is 0 Å². The van der Waals surface area contributed by atoms with E-state index in [2.05, 4.69) is 50.3 Å². The van der Waals surface area contributed by atoms with E-state index in [-0.39, 0.29) is 0 Å². The molecule has 5 atom stereocenters. The Labute approximate surface area is 345 Å². The number of benzene rings is 3. The highest BCUT2D eigenvalue weighted by atomic mass is 14.5. The molecule has 8 aliphatic rings. The molecule has 0 saturated heterocycles. The monoisotopic (exact) mass is 755 g/mol. The lowest BCUT2D eigenvalue weighted by atomic mass is 9.56. The second kappa shape index (κ2) is 14.9. The number of allylic oxidation sites excluding steroid dienone is 7. The molecule has 5 unspecified atom stereocenters. The summed E-state index contributed by atoms with van der Waals surface area (Å²) in [6.45, 7) is 15.1. The van der Waals surface area contributed by atoms with Gasteiger partial charge in [-0.05, 0) is 177 Å². The smallest absolute Gasteiger partial charge is 0.0247 e. The molecule has 4 fully saturated rings. The number of unbranched alkanes of at least 4 members (excludes halogenated alkanes) is 3. The second-order valence-electron chi connectivity index (χ2n) is 20.6. The third-order valence-electron chi connectivity index (χ3n) is 17.8. The number of hydrogen-bond acceptors (Lipinski definition) is 0. The van der Waals surface area contributed by atoms with Crippen LogP contribution in [0.1, 0.15) is 206 Å². The molecule has 0 radical (unpaired) electrons. The van der Waals surface area contributed by atoms with Crippen LogP contribution in [0.2, 0.25) is 0 Å². The molecule has 11 rings (SSSR count). The molecule has 298 valence electrons. The van der Waals surface area contributed by atoms with Crippen LogP contribution in [0.25, 0.3) is 44.3 Å². The normalized spacial score (nSPS) is 28.8. The Morgan fingerprint density at radius 3 is 2.14 bits per heavy atom. The van der Waals surface area contributed by atoms with Crippen molar-refractivity contribution in [1.29, 1.82) is 0 Å². The lowest BCUT2D eigenvalue weighted by molar-refractivity contribution is 0.205. The molecule has 0 amide bonds. The Morgan fingerprint density at radius 2 is 1.44 bits per heavy atom. The Bertz CT molecular complexity index is 2220. The highest BCUT2D eigenvalue weighted by Gasteiger charge is 2.47. The molecule has 0 aliphatic heterocycles. The van der Waals surface area contributed by atoms with Crippen molar-refractivity contribution in [1.82, 2.24) is 0 Å². The zero-order valence-electron chi connectivity index (χ0n) is 35.8. The average Bonchev–Trinajstić information content (AvgIpc) is 3.77. The molecule has 4 saturated carbocycles. The maximum Gasteiger partial charge on any atom is 0.0247 e. The SMILES string of the molecule is C=C1C2C=Cc3c4c5c6c(ccc5c5c(CCCCCC)cc(c2c35)C(=C2CCC2)C1C1CCCCC1)C(=C)C(C1CCCCC1)C(CC)C6C=C4C1CCCC1. The van der Waals surface area contributed by atoms with Crippen molar-refractivity contribution in [3.8, 4) is 0 Å². The third kappa shape index (κ3) is 5.63. The molecule has 0 N–H and O–H groups in total. The minimum absolute atomic E-state index is 0.332. The lowest BCUT2D eigenvalue weighted by Crippen LogP contribution is -2.35. The Hall–Kier alpha value is -3.12. The Balaban J connectivity index is 1.21. The quantitative estimate of drug-likeness (QED) is 0.116. The molecule has 0 spiro atoms. The van der Waals surface area contributed by atoms with Crippen LogP contribution in [0.5, 0.6) is 0 Å². The second-order valence-corrected chi connectivity index (χ2v) is 20.6. The predicted octanol–water partition coefficient (Wildman–Crippen LogP) is 16.9. The van der Waals surface area contributed by atoms with Gasteiger partial charge in [0, 0.05) is 17.8 Å². The highest BCUT2D eigenvalue weighted by molar-refractivity contribution is 6.22. The van der Waals surface area contributed by atoms with Crippen molar-refractivity contribution < 1.29 is 0 Å². The first-order valence-corrected chi connectivity index (χ1v) is 24.7.